The molecule has 0 aliphatic carbocycles. The summed E-state index contributed by atoms with van der Waals surface area (Å²) in [5, 5.41) is 37.7. The molecule has 6 heteroatoms. The molecule has 1 aromatic rings. The lowest BCUT2D eigenvalue weighted by molar-refractivity contribution is -0.151. The Balaban J connectivity index is 1.99. The van der Waals surface area contributed by atoms with Crippen molar-refractivity contribution < 1.29 is 29.9 Å². The van der Waals surface area contributed by atoms with E-state index in [0.717, 1.165) is 5.56 Å². The van der Waals surface area contributed by atoms with Crippen LogP contribution in [0.15, 0.2) is 30.3 Å². The number of rotatable bonds is 5. The van der Waals surface area contributed by atoms with Crippen LogP contribution in [0.4, 0.5) is 0 Å². The third-order valence-corrected chi connectivity index (χ3v) is 3.10. The lowest BCUT2D eigenvalue weighted by Gasteiger charge is -2.23. The van der Waals surface area contributed by atoms with E-state index in [1.807, 2.05) is 30.3 Å². The Morgan fingerprint density at radius 1 is 1.21 bits per heavy atom. The monoisotopic (exact) mass is 270 g/mol. The van der Waals surface area contributed by atoms with E-state index in [4.69, 9.17) is 14.6 Å². The van der Waals surface area contributed by atoms with Crippen LogP contribution >= 0.6 is 0 Å². The number of hydrogen-bond acceptors (Lipinski definition) is 6. The molecule has 0 radical (unpaired) electrons. The Morgan fingerprint density at radius 3 is 2.53 bits per heavy atom. The molecule has 1 saturated heterocycles. The van der Waals surface area contributed by atoms with Crippen LogP contribution in [-0.2, 0) is 16.1 Å². The van der Waals surface area contributed by atoms with Crippen molar-refractivity contribution in [1.82, 2.24) is 0 Å². The van der Waals surface area contributed by atoms with Crippen LogP contribution < -0.4 is 0 Å². The molecule has 1 aliphatic heterocycles. The van der Waals surface area contributed by atoms with Crippen molar-refractivity contribution in [2.24, 2.45) is 0 Å². The van der Waals surface area contributed by atoms with E-state index in [-0.39, 0.29) is 6.61 Å². The maximum absolute atomic E-state index is 9.76. The van der Waals surface area contributed by atoms with Gasteiger partial charge in [-0.1, -0.05) is 30.3 Å². The minimum absolute atomic E-state index is 0.216. The van der Waals surface area contributed by atoms with E-state index in [1.165, 1.54) is 0 Å². The van der Waals surface area contributed by atoms with Gasteiger partial charge in [-0.25, -0.2) is 0 Å². The van der Waals surface area contributed by atoms with Crippen molar-refractivity contribution in [2.75, 3.05) is 6.61 Å². The molecule has 2 rings (SSSR count). The summed E-state index contributed by atoms with van der Waals surface area (Å²) in [7, 11) is 0. The van der Waals surface area contributed by atoms with E-state index < -0.39 is 37.3 Å². The molecule has 6 nitrogen and oxygen atoms in total. The van der Waals surface area contributed by atoms with E-state index in [9.17, 15) is 15.3 Å². The fraction of sp³-hybridized carbons (Fsp3) is 0.538. The lowest BCUT2D eigenvalue weighted by atomic mass is 10.1. The summed E-state index contributed by atoms with van der Waals surface area (Å²) in [6.45, 7) is -0.317. The van der Waals surface area contributed by atoms with Gasteiger partial charge >= 0.3 is 0 Å². The Kier molecular flexibility index (Phi) is 4.87. The van der Waals surface area contributed by atoms with Crippen LogP contribution in [-0.4, -0.2) is 57.7 Å². The zero-order valence-electron chi connectivity index (χ0n) is 10.3. The Bertz CT molecular complexity index is 384. The quantitative estimate of drug-likeness (QED) is 0.548. The highest BCUT2D eigenvalue weighted by Gasteiger charge is 2.46. The number of ether oxygens (including phenoxy) is 2. The fourth-order valence-corrected chi connectivity index (χ4v) is 2.05. The SMILES string of the molecule is OC[C@@H](O)[C@H]1O[C@@H](O)[C@H](O)[C@@H]1OCc1ccccc1. The second-order valence-electron chi connectivity index (χ2n) is 4.49. The highest BCUT2D eigenvalue weighted by atomic mass is 16.7. The fourth-order valence-electron chi connectivity index (χ4n) is 2.05. The molecular weight excluding hydrogens is 252 g/mol. The second-order valence-corrected chi connectivity index (χ2v) is 4.49. The summed E-state index contributed by atoms with van der Waals surface area (Å²) in [4.78, 5) is 0. The van der Waals surface area contributed by atoms with Gasteiger partial charge in [0.2, 0.25) is 0 Å². The maximum atomic E-state index is 9.76. The molecule has 1 heterocycles. The van der Waals surface area contributed by atoms with Gasteiger partial charge < -0.3 is 29.9 Å². The largest absolute Gasteiger partial charge is 0.394 e. The summed E-state index contributed by atoms with van der Waals surface area (Å²) >= 11 is 0. The van der Waals surface area contributed by atoms with Gasteiger partial charge in [-0.15, -0.1) is 0 Å². The second kappa shape index (κ2) is 6.42. The van der Waals surface area contributed by atoms with Crippen molar-refractivity contribution in [3.8, 4) is 0 Å². The normalized spacial score (nSPS) is 32.4. The van der Waals surface area contributed by atoms with E-state index in [0.29, 0.717) is 0 Å². The summed E-state index contributed by atoms with van der Waals surface area (Å²) < 4.78 is 10.5. The predicted molar refractivity (Wildman–Crippen MR) is 65.0 cm³/mol. The average Bonchev–Trinajstić information content (AvgIpc) is 2.73. The number of aliphatic hydroxyl groups excluding tert-OH is 4. The van der Waals surface area contributed by atoms with Crippen molar-refractivity contribution in [1.29, 1.82) is 0 Å². The summed E-state index contributed by atoms with van der Waals surface area (Å²) in [6.07, 6.45) is -5.74. The molecule has 0 saturated carbocycles. The van der Waals surface area contributed by atoms with Crippen molar-refractivity contribution >= 4 is 0 Å². The van der Waals surface area contributed by atoms with Crippen molar-refractivity contribution in [2.45, 2.75) is 37.3 Å². The summed E-state index contributed by atoms with van der Waals surface area (Å²) in [6, 6.07) is 9.30. The van der Waals surface area contributed by atoms with Crippen molar-refractivity contribution in [3.63, 3.8) is 0 Å². The molecule has 4 N–H and O–H groups in total. The molecule has 19 heavy (non-hydrogen) atoms. The Morgan fingerprint density at radius 2 is 1.89 bits per heavy atom. The molecule has 106 valence electrons. The smallest absolute Gasteiger partial charge is 0.184 e. The van der Waals surface area contributed by atoms with Crippen LogP contribution in [0.5, 0.6) is 0 Å². The van der Waals surface area contributed by atoms with Gasteiger partial charge in [-0.3, -0.25) is 0 Å². The molecule has 0 spiro atoms. The molecule has 1 aliphatic rings. The first kappa shape index (κ1) is 14.4. The first-order valence-corrected chi connectivity index (χ1v) is 6.09. The van der Waals surface area contributed by atoms with E-state index in [2.05, 4.69) is 0 Å². The molecule has 0 unspecified atom stereocenters. The predicted octanol–water partition coefficient (Wildman–Crippen LogP) is -0.997. The zero-order valence-corrected chi connectivity index (χ0v) is 10.3. The standard InChI is InChI=1S/C13H18O6/c14-6-9(15)11-12(10(16)13(17)19-11)18-7-8-4-2-1-3-5-8/h1-5,9-17H,6-7H2/t9-,10-,11-,12+,13-/m1/s1. The van der Waals surface area contributed by atoms with Crippen LogP contribution in [0, 0.1) is 0 Å². The van der Waals surface area contributed by atoms with Crippen LogP contribution in [0.2, 0.25) is 0 Å². The van der Waals surface area contributed by atoms with Gasteiger partial charge in [0.05, 0.1) is 13.2 Å². The first-order chi connectivity index (χ1) is 9.13. The average molecular weight is 270 g/mol. The number of aliphatic hydroxyl groups is 4. The number of hydrogen-bond donors (Lipinski definition) is 4. The van der Waals surface area contributed by atoms with Gasteiger partial charge in [0.25, 0.3) is 0 Å². The topological polar surface area (TPSA) is 99.4 Å². The van der Waals surface area contributed by atoms with Crippen molar-refractivity contribution in [3.05, 3.63) is 35.9 Å². The molecule has 5 atom stereocenters. The van der Waals surface area contributed by atoms with Crippen LogP contribution in [0.1, 0.15) is 5.56 Å². The van der Waals surface area contributed by atoms with Crippen LogP contribution in [0.3, 0.4) is 0 Å². The highest BCUT2D eigenvalue weighted by molar-refractivity contribution is 5.13. The van der Waals surface area contributed by atoms with E-state index in [1.54, 1.807) is 0 Å². The molecular formula is C13H18O6. The van der Waals surface area contributed by atoms with Gasteiger partial charge in [-0.05, 0) is 5.56 Å². The number of benzene rings is 1. The summed E-state index contributed by atoms with van der Waals surface area (Å²) in [5.74, 6) is 0. The van der Waals surface area contributed by atoms with Gasteiger partial charge in [0, 0.05) is 0 Å². The Hall–Kier alpha value is -1.02. The highest BCUT2D eigenvalue weighted by Crippen LogP contribution is 2.25. The van der Waals surface area contributed by atoms with Crippen LogP contribution in [0.25, 0.3) is 0 Å². The Labute approximate surface area is 110 Å². The minimum atomic E-state index is -1.42. The van der Waals surface area contributed by atoms with Gasteiger partial charge in [0.1, 0.15) is 24.4 Å². The molecule has 0 amide bonds. The third kappa shape index (κ3) is 3.30. The molecule has 0 bridgehead atoms. The minimum Gasteiger partial charge on any atom is -0.394 e. The molecule has 1 fully saturated rings. The lowest BCUT2D eigenvalue weighted by Crippen LogP contribution is -2.42. The molecule has 1 aromatic carbocycles. The van der Waals surface area contributed by atoms with E-state index >= 15 is 0 Å². The first-order valence-electron chi connectivity index (χ1n) is 6.09. The van der Waals surface area contributed by atoms with Gasteiger partial charge in [-0.2, -0.15) is 0 Å². The maximum Gasteiger partial charge on any atom is 0.184 e. The van der Waals surface area contributed by atoms with Gasteiger partial charge in [0.15, 0.2) is 6.29 Å². The zero-order chi connectivity index (χ0) is 13.8. The third-order valence-electron chi connectivity index (χ3n) is 3.10. The summed E-state index contributed by atoms with van der Waals surface area (Å²) in [5.41, 5.74) is 0.897. The molecule has 0 aromatic heterocycles.